The molecule has 1 aliphatic rings. The number of hydrogen-bond acceptors (Lipinski definition) is 6. The molecule has 0 unspecified atom stereocenters. The highest BCUT2D eigenvalue weighted by Gasteiger charge is 2.34. The molecule has 1 fully saturated rings. The minimum Gasteiger partial charge on any atom is -0.491 e. The summed E-state index contributed by atoms with van der Waals surface area (Å²) in [5, 5.41) is 4.21. The van der Waals surface area contributed by atoms with Gasteiger partial charge in [0, 0.05) is 33.2 Å². The first-order valence-corrected chi connectivity index (χ1v) is 13.1. The van der Waals surface area contributed by atoms with E-state index in [-0.39, 0.29) is 42.1 Å². The van der Waals surface area contributed by atoms with Gasteiger partial charge >= 0.3 is 0 Å². The predicted octanol–water partition coefficient (Wildman–Crippen LogP) is 1.91. The summed E-state index contributed by atoms with van der Waals surface area (Å²) >= 11 is 0. The molecule has 172 valence electrons. The van der Waals surface area contributed by atoms with Crippen molar-refractivity contribution in [1.82, 2.24) is 18.4 Å². The van der Waals surface area contributed by atoms with Gasteiger partial charge in [0.2, 0.25) is 20.0 Å². The van der Waals surface area contributed by atoms with Gasteiger partial charge in [0.05, 0.1) is 22.4 Å². The normalized spacial score (nSPS) is 17.1. The summed E-state index contributed by atoms with van der Waals surface area (Å²) in [5.41, 5.74) is 1.01. The fourth-order valence-corrected chi connectivity index (χ4v) is 7.06. The van der Waals surface area contributed by atoms with Crippen molar-refractivity contribution in [1.29, 1.82) is 0 Å². The van der Waals surface area contributed by atoms with Crippen LogP contribution in [-0.2, 0) is 27.1 Å². The van der Waals surface area contributed by atoms with Gasteiger partial charge < -0.3 is 4.74 Å². The minimum absolute atomic E-state index is 0.00640. The second-order valence-electron chi connectivity index (χ2n) is 7.92. The van der Waals surface area contributed by atoms with Gasteiger partial charge in [-0.05, 0) is 58.4 Å². The van der Waals surface area contributed by atoms with Crippen molar-refractivity contribution in [2.45, 2.75) is 50.0 Å². The molecule has 2 heterocycles. The number of rotatable bonds is 6. The van der Waals surface area contributed by atoms with Crippen molar-refractivity contribution < 1.29 is 21.6 Å². The molecule has 0 N–H and O–H groups in total. The highest BCUT2D eigenvalue weighted by molar-refractivity contribution is 7.89. The lowest BCUT2D eigenvalue weighted by molar-refractivity contribution is 0.242. The van der Waals surface area contributed by atoms with E-state index in [9.17, 15) is 16.8 Å². The molecular weight excluding hydrogens is 440 g/mol. The number of hydrogen-bond donors (Lipinski definition) is 0. The standard InChI is InChI=1S/C20H30N4O5S2/c1-15(2)29-18-7-9-19(10-8-18)30(25,26)23-11-6-12-24(14-13-23)31(27,28)20-16(3)21-22(5)17(20)4/h7-10,15H,6,11-14H2,1-5H3. The van der Waals surface area contributed by atoms with Crippen LogP contribution in [0.4, 0.5) is 0 Å². The molecule has 0 amide bonds. The van der Waals surface area contributed by atoms with Crippen molar-refractivity contribution in [3.8, 4) is 5.75 Å². The molecule has 0 saturated carbocycles. The smallest absolute Gasteiger partial charge is 0.246 e. The van der Waals surface area contributed by atoms with Crippen molar-refractivity contribution in [3.05, 3.63) is 35.7 Å². The van der Waals surface area contributed by atoms with Crippen LogP contribution in [0.2, 0.25) is 0 Å². The maximum atomic E-state index is 13.2. The number of aromatic nitrogens is 2. The molecular formula is C20H30N4O5S2. The molecule has 0 atom stereocenters. The molecule has 1 aromatic carbocycles. The van der Waals surface area contributed by atoms with E-state index in [1.165, 1.54) is 20.7 Å². The van der Waals surface area contributed by atoms with Gasteiger partial charge in [0.25, 0.3) is 0 Å². The Bertz CT molecular complexity index is 1140. The van der Waals surface area contributed by atoms with E-state index in [1.807, 2.05) is 13.8 Å². The van der Waals surface area contributed by atoms with Crippen LogP contribution in [0.5, 0.6) is 5.75 Å². The van der Waals surface area contributed by atoms with Crippen LogP contribution in [0.1, 0.15) is 31.7 Å². The van der Waals surface area contributed by atoms with Gasteiger partial charge in [0.1, 0.15) is 10.6 Å². The second kappa shape index (κ2) is 8.89. The zero-order valence-electron chi connectivity index (χ0n) is 18.6. The molecule has 1 saturated heterocycles. The number of nitrogens with zero attached hydrogens (tertiary/aromatic N) is 4. The number of aryl methyl sites for hydroxylation is 2. The Morgan fingerprint density at radius 3 is 1.94 bits per heavy atom. The van der Waals surface area contributed by atoms with Crippen LogP contribution in [0, 0.1) is 13.8 Å². The third kappa shape index (κ3) is 4.79. The summed E-state index contributed by atoms with van der Waals surface area (Å²) in [4.78, 5) is 0.367. The summed E-state index contributed by atoms with van der Waals surface area (Å²) in [5.74, 6) is 0.601. The predicted molar refractivity (Wildman–Crippen MR) is 117 cm³/mol. The first kappa shape index (κ1) is 23.7. The largest absolute Gasteiger partial charge is 0.491 e. The lowest BCUT2D eigenvalue weighted by Gasteiger charge is -2.22. The highest BCUT2D eigenvalue weighted by Crippen LogP contribution is 2.26. The molecule has 0 spiro atoms. The summed E-state index contributed by atoms with van der Waals surface area (Å²) < 4.78 is 62.5. The average molecular weight is 471 g/mol. The van der Waals surface area contributed by atoms with Crippen LogP contribution in [0.25, 0.3) is 0 Å². The molecule has 9 nitrogen and oxygen atoms in total. The van der Waals surface area contributed by atoms with Crippen molar-refractivity contribution in [2.24, 2.45) is 7.05 Å². The summed E-state index contributed by atoms with van der Waals surface area (Å²) in [7, 11) is -5.80. The fraction of sp³-hybridized carbons (Fsp3) is 0.550. The van der Waals surface area contributed by atoms with Gasteiger partial charge in [-0.25, -0.2) is 16.8 Å². The topological polar surface area (TPSA) is 102 Å². The summed E-state index contributed by atoms with van der Waals surface area (Å²) in [6.07, 6.45) is 0.402. The maximum absolute atomic E-state index is 13.2. The molecule has 3 rings (SSSR count). The Labute approximate surface area is 184 Å². The Balaban J connectivity index is 1.79. The zero-order valence-corrected chi connectivity index (χ0v) is 20.2. The minimum atomic E-state index is -3.76. The molecule has 1 aromatic heterocycles. The van der Waals surface area contributed by atoms with Crippen LogP contribution in [0.3, 0.4) is 0 Å². The van der Waals surface area contributed by atoms with E-state index in [4.69, 9.17) is 4.74 Å². The van der Waals surface area contributed by atoms with Gasteiger partial charge in [-0.3, -0.25) is 4.68 Å². The monoisotopic (exact) mass is 470 g/mol. The highest BCUT2D eigenvalue weighted by atomic mass is 32.2. The van der Waals surface area contributed by atoms with Crippen molar-refractivity contribution in [3.63, 3.8) is 0 Å². The number of ether oxygens (including phenoxy) is 1. The molecule has 31 heavy (non-hydrogen) atoms. The summed E-state index contributed by atoms with van der Waals surface area (Å²) in [6.45, 7) is 7.86. The van der Waals surface area contributed by atoms with Crippen molar-refractivity contribution in [2.75, 3.05) is 26.2 Å². The van der Waals surface area contributed by atoms with E-state index in [0.29, 0.717) is 23.6 Å². The number of benzene rings is 1. The second-order valence-corrected chi connectivity index (χ2v) is 11.7. The third-order valence-corrected chi connectivity index (χ3v) is 9.35. The average Bonchev–Trinajstić information content (AvgIpc) is 2.87. The Kier molecular flexibility index (Phi) is 6.80. The third-order valence-electron chi connectivity index (χ3n) is 5.29. The molecule has 0 radical (unpaired) electrons. The van der Waals surface area contributed by atoms with Crippen LogP contribution in [0.15, 0.2) is 34.1 Å². The lowest BCUT2D eigenvalue weighted by Crippen LogP contribution is -2.37. The van der Waals surface area contributed by atoms with Crippen LogP contribution < -0.4 is 4.74 Å². The van der Waals surface area contributed by atoms with E-state index < -0.39 is 20.0 Å². The first-order chi connectivity index (χ1) is 14.4. The molecule has 0 bridgehead atoms. The van der Waals surface area contributed by atoms with Crippen LogP contribution >= 0.6 is 0 Å². The zero-order chi connectivity index (χ0) is 23.0. The van der Waals surface area contributed by atoms with E-state index >= 15 is 0 Å². The lowest BCUT2D eigenvalue weighted by atomic mass is 10.3. The molecule has 2 aromatic rings. The number of sulfonamides is 2. The van der Waals surface area contributed by atoms with Gasteiger partial charge in [-0.1, -0.05) is 0 Å². The fourth-order valence-electron chi connectivity index (χ4n) is 3.72. The van der Waals surface area contributed by atoms with E-state index in [1.54, 1.807) is 37.7 Å². The van der Waals surface area contributed by atoms with Gasteiger partial charge in [-0.2, -0.15) is 13.7 Å². The Morgan fingerprint density at radius 2 is 1.45 bits per heavy atom. The maximum Gasteiger partial charge on any atom is 0.246 e. The van der Waals surface area contributed by atoms with Gasteiger partial charge in [0.15, 0.2) is 0 Å². The molecule has 11 heteroatoms. The Morgan fingerprint density at radius 1 is 0.903 bits per heavy atom. The quantitative estimate of drug-likeness (QED) is 0.639. The van der Waals surface area contributed by atoms with Crippen LogP contribution in [-0.4, -0.2) is 67.5 Å². The first-order valence-electron chi connectivity index (χ1n) is 10.2. The van der Waals surface area contributed by atoms with Crippen molar-refractivity contribution >= 4 is 20.0 Å². The van der Waals surface area contributed by atoms with E-state index in [0.717, 1.165) is 0 Å². The SMILES string of the molecule is Cc1nn(C)c(C)c1S(=O)(=O)N1CCCN(S(=O)(=O)c2ccc(OC(C)C)cc2)CC1. The Hall–Kier alpha value is -1.95. The molecule has 1 aliphatic heterocycles. The molecule has 0 aliphatic carbocycles. The van der Waals surface area contributed by atoms with E-state index in [2.05, 4.69) is 5.10 Å². The summed E-state index contributed by atoms with van der Waals surface area (Å²) in [6, 6.07) is 6.31. The van der Waals surface area contributed by atoms with Gasteiger partial charge in [-0.15, -0.1) is 0 Å².